The van der Waals surface area contributed by atoms with Crippen LogP contribution in [0.5, 0.6) is 0 Å². The van der Waals surface area contributed by atoms with Crippen molar-refractivity contribution in [2.75, 3.05) is 36.9 Å². The molecule has 0 amide bonds. The molecule has 9 nitrogen and oxygen atoms in total. The molecule has 0 atom stereocenters. The van der Waals surface area contributed by atoms with Gasteiger partial charge in [0.05, 0.1) is 12.6 Å². The van der Waals surface area contributed by atoms with Crippen LogP contribution in [0.15, 0.2) is 4.79 Å². The fraction of sp³-hybridized carbons (Fsp3) is 0.500. The summed E-state index contributed by atoms with van der Waals surface area (Å²) in [6.45, 7) is 3.40. The number of hydrogen-bond acceptors (Lipinski definition) is 7. The quantitative estimate of drug-likeness (QED) is 0.409. The van der Waals surface area contributed by atoms with Gasteiger partial charge in [-0.05, 0) is 19.9 Å². The van der Waals surface area contributed by atoms with Gasteiger partial charge < -0.3 is 16.0 Å². The van der Waals surface area contributed by atoms with E-state index in [1.807, 2.05) is 6.07 Å². The average molecular weight is 342 g/mol. The van der Waals surface area contributed by atoms with Crippen molar-refractivity contribution in [3.63, 3.8) is 0 Å². The Morgan fingerprint density at radius 3 is 2.80 bits per heavy atom. The number of nitriles is 1. The Morgan fingerprint density at radius 2 is 2.16 bits per heavy atom. The Bertz CT molecular complexity index is 909. The van der Waals surface area contributed by atoms with Crippen LogP contribution < -0.4 is 21.5 Å². The highest BCUT2D eigenvalue weighted by Crippen LogP contribution is 2.18. The predicted octanol–water partition coefficient (Wildman–Crippen LogP) is -0.126. The van der Waals surface area contributed by atoms with E-state index in [0.29, 0.717) is 42.7 Å². The first-order valence-corrected chi connectivity index (χ1v) is 7.94. The lowest BCUT2D eigenvalue weighted by molar-refractivity contribution is 0.780. The lowest BCUT2D eigenvalue weighted by Crippen LogP contribution is -2.29. The van der Waals surface area contributed by atoms with E-state index in [1.54, 1.807) is 30.5 Å². The number of hydrogen-bond donors (Lipinski definition) is 2. The second-order valence-electron chi connectivity index (χ2n) is 5.48. The number of anilines is 2. The van der Waals surface area contributed by atoms with Crippen molar-refractivity contribution >= 4 is 23.1 Å². The molecule has 0 aliphatic carbocycles. The van der Waals surface area contributed by atoms with Crippen LogP contribution in [0.25, 0.3) is 11.2 Å². The van der Waals surface area contributed by atoms with Crippen molar-refractivity contribution in [3.05, 3.63) is 10.4 Å². The Balaban J connectivity index is 2.62. The van der Waals surface area contributed by atoms with Gasteiger partial charge in [0, 0.05) is 20.6 Å². The van der Waals surface area contributed by atoms with Crippen LogP contribution in [0, 0.1) is 23.2 Å². The Kier molecular flexibility index (Phi) is 5.98. The standard InChI is InChI=1S/C16H22N8O/c1-4-5-10-24-12-13(20-15(24)19-9-6-7-17)21-16(22(2)11-8-18)23(3)14(12)25/h6-7,9-11,17H2,1-3H3,(H,19,20). The molecule has 0 spiro atoms. The normalized spacial score (nSPS) is 10.2. The molecule has 0 aliphatic heterocycles. The summed E-state index contributed by atoms with van der Waals surface area (Å²) in [4.78, 5) is 23.4. The molecule has 0 fully saturated rings. The third-order valence-corrected chi connectivity index (χ3v) is 3.69. The molecule has 25 heavy (non-hydrogen) atoms. The highest BCUT2D eigenvalue weighted by Gasteiger charge is 2.19. The fourth-order valence-corrected chi connectivity index (χ4v) is 2.42. The Morgan fingerprint density at radius 1 is 1.40 bits per heavy atom. The van der Waals surface area contributed by atoms with Gasteiger partial charge in [-0.3, -0.25) is 13.9 Å². The van der Waals surface area contributed by atoms with Crippen LogP contribution >= 0.6 is 0 Å². The maximum atomic E-state index is 12.8. The molecule has 0 radical (unpaired) electrons. The molecule has 2 aromatic rings. The van der Waals surface area contributed by atoms with Gasteiger partial charge in [-0.1, -0.05) is 5.92 Å². The zero-order valence-corrected chi connectivity index (χ0v) is 14.7. The van der Waals surface area contributed by atoms with Crippen LogP contribution in [0.2, 0.25) is 0 Å². The van der Waals surface area contributed by atoms with Crippen molar-refractivity contribution in [1.29, 1.82) is 5.26 Å². The van der Waals surface area contributed by atoms with Crippen molar-refractivity contribution in [2.45, 2.75) is 19.9 Å². The van der Waals surface area contributed by atoms with Gasteiger partial charge in [-0.15, -0.1) is 5.92 Å². The second-order valence-corrected chi connectivity index (χ2v) is 5.48. The molecule has 2 aromatic heterocycles. The van der Waals surface area contributed by atoms with Crippen LogP contribution in [0.1, 0.15) is 13.3 Å². The molecule has 2 heterocycles. The number of nitrogens with zero attached hydrogens (tertiary/aromatic N) is 6. The SMILES string of the molecule is CC#CCn1c(NCCCN)nc2nc(N(C)CC#N)n(C)c(=O)c21. The lowest BCUT2D eigenvalue weighted by Gasteiger charge is -2.17. The topological polar surface area (TPSA) is 118 Å². The molecule has 0 saturated carbocycles. The van der Waals surface area contributed by atoms with Gasteiger partial charge in [0.25, 0.3) is 5.56 Å². The number of aromatic nitrogens is 4. The minimum atomic E-state index is -0.234. The van der Waals surface area contributed by atoms with Crippen LogP contribution in [-0.4, -0.2) is 45.8 Å². The van der Waals surface area contributed by atoms with E-state index >= 15 is 0 Å². The molecule has 2 rings (SSSR count). The third-order valence-electron chi connectivity index (χ3n) is 3.69. The van der Waals surface area contributed by atoms with Crippen molar-refractivity contribution in [1.82, 2.24) is 19.1 Å². The summed E-state index contributed by atoms with van der Waals surface area (Å²) in [5.41, 5.74) is 6.00. The summed E-state index contributed by atoms with van der Waals surface area (Å²) < 4.78 is 3.15. The third kappa shape index (κ3) is 3.73. The molecule has 132 valence electrons. The van der Waals surface area contributed by atoms with E-state index < -0.39 is 0 Å². The summed E-state index contributed by atoms with van der Waals surface area (Å²) in [6, 6.07) is 2.04. The van der Waals surface area contributed by atoms with Gasteiger partial charge in [-0.2, -0.15) is 15.2 Å². The highest BCUT2D eigenvalue weighted by atomic mass is 16.1. The summed E-state index contributed by atoms with van der Waals surface area (Å²) in [5.74, 6) is 6.71. The number of fused-ring (bicyclic) bond motifs is 1. The molecule has 0 aromatic carbocycles. The van der Waals surface area contributed by atoms with E-state index in [1.165, 1.54) is 4.57 Å². The van der Waals surface area contributed by atoms with Crippen LogP contribution in [-0.2, 0) is 13.6 Å². The number of imidazole rings is 1. The summed E-state index contributed by atoms with van der Waals surface area (Å²) in [6.07, 6.45) is 0.782. The first-order valence-electron chi connectivity index (χ1n) is 7.94. The van der Waals surface area contributed by atoms with Crippen LogP contribution in [0.4, 0.5) is 11.9 Å². The lowest BCUT2D eigenvalue weighted by atomic mass is 10.4. The van der Waals surface area contributed by atoms with Crippen LogP contribution in [0.3, 0.4) is 0 Å². The average Bonchev–Trinajstić information content (AvgIpc) is 2.94. The maximum absolute atomic E-state index is 12.8. The molecular formula is C16H22N8O. The first-order chi connectivity index (χ1) is 12.0. The zero-order valence-electron chi connectivity index (χ0n) is 14.7. The van der Waals surface area contributed by atoms with E-state index in [2.05, 4.69) is 27.1 Å². The van der Waals surface area contributed by atoms with Gasteiger partial charge in [0.15, 0.2) is 11.2 Å². The first kappa shape index (κ1) is 18.3. The molecular weight excluding hydrogens is 320 g/mol. The minimum Gasteiger partial charge on any atom is -0.356 e. The van der Waals surface area contributed by atoms with Gasteiger partial charge >= 0.3 is 0 Å². The van der Waals surface area contributed by atoms with E-state index in [0.717, 1.165) is 6.42 Å². The number of nitrogens with one attached hydrogen (secondary N) is 1. The minimum absolute atomic E-state index is 0.120. The van der Waals surface area contributed by atoms with Gasteiger partial charge in [0.1, 0.15) is 6.54 Å². The predicted molar refractivity (Wildman–Crippen MR) is 97.3 cm³/mol. The smallest absolute Gasteiger partial charge is 0.281 e. The molecule has 9 heteroatoms. The number of nitrogens with two attached hydrogens (primary N) is 1. The summed E-state index contributed by atoms with van der Waals surface area (Å²) in [5, 5.41) is 12.1. The van der Waals surface area contributed by atoms with Gasteiger partial charge in [0.2, 0.25) is 11.9 Å². The van der Waals surface area contributed by atoms with Gasteiger partial charge in [-0.25, -0.2) is 0 Å². The maximum Gasteiger partial charge on any atom is 0.281 e. The van der Waals surface area contributed by atoms with E-state index in [-0.39, 0.29) is 12.1 Å². The zero-order chi connectivity index (χ0) is 18.4. The molecule has 0 aliphatic rings. The van der Waals surface area contributed by atoms with E-state index in [9.17, 15) is 4.79 Å². The van der Waals surface area contributed by atoms with Crippen molar-refractivity contribution in [2.24, 2.45) is 12.8 Å². The Hall–Kier alpha value is -3.04. The second kappa shape index (κ2) is 8.18. The number of rotatable bonds is 7. The molecule has 0 bridgehead atoms. The van der Waals surface area contributed by atoms with E-state index in [4.69, 9.17) is 11.0 Å². The highest BCUT2D eigenvalue weighted by molar-refractivity contribution is 5.75. The largest absolute Gasteiger partial charge is 0.356 e. The molecule has 3 N–H and O–H groups in total. The summed E-state index contributed by atoms with van der Waals surface area (Å²) >= 11 is 0. The van der Waals surface area contributed by atoms with Crippen molar-refractivity contribution in [3.8, 4) is 17.9 Å². The monoisotopic (exact) mass is 342 g/mol. The van der Waals surface area contributed by atoms with Crippen molar-refractivity contribution < 1.29 is 0 Å². The summed E-state index contributed by atoms with van der Waals surface area (Å²) in [7, 11) is 3.33. The molecule has 0 saturated heterocycles. The molecule has 0 unspecified atom stereocenters. The fourth-order valence-electron chi connectivity index (χ4n) is 2.42. The Labute approximate surface area is 146 Å².